The lowest BCUT2D eigenvalue weighted by Gasteiger charge is -2.23. The van der Waals surface area contributed by atoms with Crippen molar-refractivity contribution in [2.45, 2.75) is 33.7 Å². The molecule has 0 atom stereocenters. The van der Waals surface area contributed by atoms with Crippen LogP contribution in [0.25, 0.3) is 0 Å². The molecule has 21 heavy (non-hydrogen) atoms. The summed E-state index contributed by atoms with van der Waals surface area (Å²) in [6.45, 7) is 8.87. The van der Waals surface area contributed by atoms with Crippen LogP contribution in [-0.2, 0) is 13.0 Å². The molecule has 0 aliphatic carbocycles. The molecule has 0 saturated heterocycles. The maximum absolute atomic E-state index is 4.66. The first kappa shape index (κ1) is 15.2. The van der Waals surface area contributed by atoms with Crippen LogP contribution in [0.5, 0.6) is 0 Å². The fraction of sp³-hybridized carbons (Fsp3) is 0.438. The molecule has 0 unspecified atom stereocenters. The SMILES string of the molecule is CCNc1cc(N(CC)Cc2ccncc2)nc(CC)n1. The minimum Gasteiger partial charge on any atom is -0.370 e. The van der Waals surface area contributed by atoms with Gasteiger partial charge in [0.25, 0.3) is 0 Å². The van der Waals surface area contributed by atoms with Crippen LogP contribution in [0.3, 0.4) is 0 Å². The molecule has 0 bridgehead atoms. The van der Waals surface area contributed by atoms with E-state index in [4.69, 9.17) is 0 Å². The Morgan fingerprint density at radius 2 is 1.86 bits per heavy atom. The number of nitrogens with one attached hydrogen (secondary N) is 1. The Balaban J connectivity index is 2.26. The molecule has 5 nitrogen and oxygen atoms in total. The first-order valence-electron chi connectivity index (χ1n) is 7.52. The van der Waals surface area contributed by atoms with Gasteiger partial charge in [-0.15, -0.1) is 0 Å². The normalized spacial score (nSPS) is 10.4. The largest absolute Gasteiger partial charge is 0.370 e. The van der Waals surface area contributed by atoms with Gasteiger partial charge in [-0.25, -0.2) is 9.97 Å². The summed E-state index contributed by atoms with van der Waals surface area (Å²) in [5.74, 6) is 2.74. The standard InChI is InChI=1S/C16H23N5/c1-4-14-19-15(18-5-2)11-16(20-14)21(6-3)12-13-7-9-17-10-8-13/h7-11H,4-6,12H2,1-3H3,(H,18,19,20). The summed E-state index contributed by atoms with van der Waals surface area (Å²) in [5, 5.41) is 3.28. The summed E-state index contributed by atoms with van der Waals surface area (Å²) in [6, 6.07) is 6.10. The van der Waals surface area contributed by atoms with Crippen LogP contribution in [0.4, 0.5) is 11.6 Å². The smallest absolute Gasteiger partial charge is 0.134 e. The molecule has 5 heteroatoms. The minimum absolute atomic E-state index is 0.824. The van der Waals surface area contributed by atoms with E-state index in [-0.39, 0.29) is 0 Å². The Morgan fingerprint density at radius 1 is 1.10 bits per heavy atom. The highest BCUT2D eigenvalue weighted by Crippen LogP contribution is 2.18. The average Bonchev–Trinajstić information content (AvgIpc) is 2.53. The van der Waals surface area contributed by atoms with E-state index in [1.165, 1.54) is 5.56 Å². The number of aryl methyl sites for hydroxylation is 1. The Morgan fingerprint density at radius 3 is 2.48 bits per heavy atom. The van der Waals surface area contributed by atoms with Gasteiger partial charge in [-0.1, -0.05) is 6.92 Å². The molecule has 0 spiro atoms. The molecule has 2 rings (SSSR count). The van der Waals surface area contributed by atoms with Gasteiger partial charge in [0.1, 0.15) is 17.5 Å². The average molecular weight is 285 g/mol. The Bertz CT molecular complexity index is 556. The Kier molecular flexibility index (Phi) is 5.49. The molecule has 0 radical (unpaired) electrons. The molecular formula is C16H23N5. The quantitative estimate of drug-likeness (QED) is 0.847. The van der Waals surface area contributed by atoms with Crippen molar-refractivity contribution in [1.82, 2.24) is 15.0 Å². The van der Waals surface area contributed by atoms with Crippen LogP contribution < -0.4 is 10.2 Å². The van der Waals surface area contributed by atoms with Crippen molar-refractivity contribution in [3.05, 3.63) is 42.0 Å². The van der Waals surface area contributed by atoms with Crippen molar-refractivity contribution < 1.29 is 0 Å². The molecule has 2 aromatic rings. The first-order chi connectivity index (χ1) is 10.3. The molecule has 112 valence electrons. The van der Waals surface area contributed by atoms with E-state index in [1.54, 1.807) is 0 Å². The van der Waals surface area contributed by atoms with Gasteiger partial charge in [0.05, 0.1) is 0 Å². The summed E-state index contributed by atoms with van der Waals surface area (Å²) >= 11 is 0. The number of aromatic nitrogens is 3. The molecule has 0 saturated carbocycles. The Labute approximate surface area is 126 Å². The predicted molar refractivity (Wildman–Crippen MR) is 86.5 cm³/mol. The summed E-state index contributed by atoms with van der Waals surface area (Å²) in [7, 11) is 0. The maximum Gasteiger partial charge on any atom is 0.134 e. The topological polar surface area (TPSA) is 53.9 Å². The fourth-order valence-electron chi connectivity index (χ4n) is 2.14. The lowest BCUT2D eigenvalue weighted by molar-refractivity contribution is 0.795. The number of hydrogen-bond acceptors (Lipinski definition) is 5. The lowest BCUT2D eigenvalue weighted by Crippen LogP contribution is -2.24. The summed E-state index contributed by atoms with van der Waals surface area (Å²) in [5.41, 5.74) is 1.23. The zero-order valence-corrected chi connectivity index (χ0v) is 13.0. The molecule has 0 aliphatic rings. The van der Waals surface area contributed by atoms with E-state index in [0.29, 0.717) is 0 Å². The van der Waals surface area contributed by atoms with Gasteiger partial charge in [0.15, 0.2) is 0 Å². The van der Waals surface area contributed by atoms with Crippen LogP contribution in [-0.4, -0.2) is 28.0 Å². The van der Waals surface area contributed by atoms with E-state index in [0.717, 1.165) is 43.5 Å². The second-order valence-electron chi connectivity index (χ2n) is 4.78. The zero-order valence-electron chi connectivity index (χ0n) is 13.0. The van der Waals surface area contributed by atoms with Crippen molar-refractivity contribution in [2.75, 3.05) is 23.3 Å². The van der Waals surface area contributed by atoms with Crippen LogP contribution in [0.1, 0.15) is 32.2 Å². The van der Waals surface area contributed by atoms with E-state index in [1.807, 2.05) is 30.6 Å². The molecule has 0 aromatic carbocycles. The molecule has 0 aliphatic heterocycles. The van der Waals surface area contributed by atoms with Gasteiger partial charge in [-0.3, -0.25) is 4.98 Å². The highest BCUT2D eigenvalue weighted by Gasteiger charge is 2.10. The van der Waals surface area contributed by atoms with Gasteiger partial charge < -0.3 is 10.2 Å². The van der Waals surface area contributed by atoms with Crippen LogP contribution in [0, 0.1) is 0 Å². The third-order valence-corrected chi connectivity index (χ3v) is 3.26. The minimum atomic E-state index is 0.824. The fourth-order valence-corrected chi connectivity index (χ4v) is 2.14. The number of hydrogen-bond donors (Lipinski definition) is 1. The van der Waals surface area contributed by atoms with Crippen molar-refractivity contribution in [2.24, 2.45) is 0 Å². The summed E-state index contributed by atoms with van der Waals surface area (Å²) in [4.78, 5) is 15.5. The van der Waals surface area contributed by atoms with Crippen molar-refractivity contribution in [3.8, 4) is 0 Å². The lowest BCUT2D eigenvalue weighted by atomic mass is 10.2. The van der Waals surface area contributed by atoms with Crippen LogP contribution in [0.2, 0.25) is 0 Å². The van der Waals surface area contributed by atoms with Crippen molar-refractivity contribution >= 4 is 11.6 Å². The van der Waals surface area contributed by atoms with Crippen molar-refractivity contribution in [3.63, 3.8) is 0 Å². The van der Waals surface area contributed by atoms with E-state index < -0.39 is 0 Å². The summed E-state index contributed by atoms with van der Waals surface area (Å²) in [6.07, 6.45) is 4.48. The van der Waals surface area contributed by atoms with Gasteiger partial charge in [0.2, 0.25) is 0 Å². The molecular weight excluding hydrogens is 262 g/mol. The van der Waals surface area contributed by atoms with Crippen LogP contribution >= 0.6 is 0 Å². The highest BCUT2D eigenvalue weighted by molar-refractivity contribution is 5.49. The van der Waals surface area contributed by atoms with E-state index >= 15 is 0 Å². The van der Waals surface area contributed by atoms with Crippen molar-refractivity contribution in [1.29, 1.82) is 0 Å². The first-order valence-corrected chi connectivity index (χ1v) is 7.52. The molecule has 0 fully saturated rings. The van der Waals surface area contributed by atoms with Gasteiger partial charge in [0, 0.05) is 44.5 Å². The molecule has 2 heterocycles. The third-order valence-electron chi connectivity index (χ3n) is 3.26. The molecule has 2 aromatic heterocycles. The van der Waals surface area contributed by atoms with E-state index in [2.05, 4.69) is 45.9 Å². The van der Waals surface area contributed by atoms with Gasteiger partial charge >= 0.3 is 0 Å². The maximum atomic E-state index is 4.66. The number of nitrogens with zero attached hydrogens (tertiary/aromatic N) is 4. The Hall–Kier alpha value is -2.17. The van der Waals surface area contributed by atoms with Gasteiger partial charge in [-0.05, 0) is 31.5 Å². The second-order valence-corrected chi connectivity index (χ2v) is 4.78. The zero-order chi connectivity index (χ0) is 15.1. The second kappa shape index (κ2) is 7.57. The van der Waals surface area contributed by atoms with Gasteiger partial charge in [-0.2, -0.15) is 0 Å². The third kappa shape index (κ3) is 4.15. The molecule has 1 N–H and O–H groups in total. The predicted octanol–water partition coefficient (Wildman–Crippen LogP) is 2.89. The monoisotopic (exact) mass is 285 g/mol. The van der Waals surface area contributed by atoms with E-state index in [9.17, 15) is 0 Å². The summed E-state index contributed by atoms with van der Waals surface area (Å²) < 4.78 is 0. The molecule has 0 amide bonds. The number of rotatable bonds is 7. The number of anilines is 2. The number of pyridine rings is 1. The highest BCUT2D eigenvalue weighted by atomic mass is 15.2. The van der Waals surface area contributed by atoms with Crippen LogP contribution in [0.15, 0.2) is 30.6 Å².